The number of carbonyl (C=O) groups is 2. The second kappa shape index (κ2) is 2.32. The quantitative estimate of drug-likeness (QED) is 0.655. The Kier molecular flexibility index (Phi) is 1.24. The van der Waals surface area contributed by atoms with E-state index in [0.717, 1.165) is 5.56 Å². The average Bonchev–Trinajstić information content (AvgIpc) is 2.20. The standard InChI is InChI=1S/C11H7NO2/c13-10-8-5-4-6-2-1-3-7(9(6)10)11(14)12-8/h1-5,8H,(H,12,14). The van der Waals surface area contributed by atoms with E-state index in [2.05, 4.69) is 5.32 Å². The van der Waals surface area contributed by atoms with Gasteiger partial charge >= 0.3 is 0 Å². The van der Waals surface area contributed by atoms with Crippen LogP contribution in [0.1, 0.15) is 26.3 Å². The molecule has 1 N–H and O–H groups in total. The Labute approximate surface area is 80.4 Å². The maximum absolute atomic E-state index is 11.8. The minimum atomic E-state index is -0.454. The van der Waals surface area contributed by atoms with Crippen LogP contribution in [0.25, 0.3) is 6.08 Å². The van der Waals surface area contributed by atoms with Gasteiger partial charge in [-0.1, -0.05) is 24.3 Å². The molecule has 68 valence electrons. The average molecular weight is 185 g/mol. The largest absolute Gasteiger partial charge is 0.338 e. The summed E-state index contributed by atoms with van der Waals surface area (Å²) >= 11 is 0. The van der Waals surface area contributed by atoms with Crippen molar-refractivity contribution in [2.45, 2.75) is 6.04 Å². The van der Waals surface area contributed by atoms with Crippen LogP contribution in [0, 0.1) is 0 Å². The van der Waals surface area contributed by atoms with Crippen molar-refractivity contribution >= 4 is 17.8 Å². The number of fused-ring (bicyclic) bond motifs is 1. The molecule has 2 bridgehead atoms. The Bertz CT molecular complexity index is 488. The van der Waals surface area contributed by atoms with Crippen LogP contribution in [-0.2, 0) is 0 Å². The molecule has 1 aromatic rings. The van der Waals surface area contributed by atoms with Crippen molar-refractivity contribution in [1.29, 1.82) is 0 Å². The van der Waals surface area contributed by atoms with Crippen molar-refractivity contribution in [3.8, 4) is 0 Å². The van der Waals surface area contributed by atoms with Gasteiger partial charge in [0.1, 0.15) is 6.04 Å². The summed E-state index contributed by atoms with van der Waals surface area (Å²) in [7, 11) is 0. The molecule has 0 fully saturated rings. The molecule has 3 heteroatoms. The Hall–Kier alpha value is -1.90. The van der Waals surface area contributed by atoms with Gasteiger partial charge in [0, 0.05) is 5.56 Å². The van der Waals surface area contributed by atoms with Gasteiger partial charge in [-0.25, -0.2) is 0 Å². The highest BCUT2D eigenvalue weighted by Crippen LogP contribution is 2.26. The molecule has 1 unspecified atom stereocenters. The van der Waals surface area contributed by atoms with Gasteiger partial charge in [0.2, 0.25) is 0 Å². The van der Waals surface area contributed by atoms with Gasteiger partial charge < -0.3 is 5.32 Å². The van der Waals surface area contributed by atoms with Crippen LogP contribution >= 0.6 is 0 Å². The molecule has 1 amide bonds. The first-order valence-corrected chi connectivity index (χ1v) is 4.43. The van der Waals surface area contributed by atoms with Gasteiger partial charge in [0.25, 0.3) is 5.91 Å². The van der Waals surface area contributed by atoms with E-state index in [1.807, 2.05) is 12.1 Å². The molecule has 0 saturated carbocycles. The lowest BCUT2D eigenvalue weighted by molar-refractivity contribution is 0.0847. The first-order valence-electron chi connectivity index (χ1n) is 4.43. The highest BCUT2D eigenvalue weighted by Gasteiger charge is 2.33. The number of rotatable bonds is 0. The van der Waals surface area contributed by atoms with Crippen LogP contribution in [0.15, 0.2) is 24.3 Å². The van der Waals surface area contributed by atoms with Crippen molar-refractivity contribution in [3.05, 3.63) is 41.0 Å². The highest BCUT2D eigenvalue weighted by molar-refractivity contribution is 6.19. The van der Waals surface area contributed by atoms with E-state index in [1.54, 1.807) is 18.2 Å². The number of benzene rings is 1. The molecule has 0 aromatic heterocycles. The molecule has 0 spiro atoms. The van der Waals surface area contributed by atoms with E-state index in [-0.39, 0.29) is 11.7 Å². The SMILES string of the molecule is O=C1NC2C=Cc3cccc1c3C2=O. The number of hydrogen-bond donors (Lipinski definition) is 1. The second-order valence-corrected chi connectivity index (χ2v) is 3.44. The van der Waals surface area contributed by atoms with Crippen molar-refractivity contribution < 1.29 is 9.59 Å². The lowest BCUT2D eigenvalue weighted by Crippen LogP contribution is -2.46. The maximum Gasteiger partial charge on any atom is 0.252 e. The Morgan fingerprint density at radius 3 is 2.93 bits per heavy atom. The van der Waals surface area contributed by atoms with Gasteiger partial charge in [-0.3, -0.25) is 9.59 Å². The van der Waals surface area contributed by atoms with E-state index in [0.29, 0.717) is 11.1 Å². The van der Waals surface area contributed by atoms with Crippen LogP contribution in [0.5, 0.6) is 0 Å². The normalized spacial score (nSPS) is 22.1. The molecule has 2 aliphatic rings. The molecule has 3 rings (SSSR count). The lowest BCUT2D eigenvalue weighted by Gasteiger charge is -2.26. The highest BCUT2D eigenvalue weighted by atomic mass is 16.2. The van der Waals surface area contributed by atoms with E-state index in [4.69, 9.17) is 0 Å². The number of ketones is 1. The topological polar surface area (TPSA) is 46.2 Å². The zero-order valence-corrected chi connectivity index (χ0v) is 7.28. The second-order valence-electron chi connectivity index (χ2n) is 3.44. The summed E-state index contributed by atoms with van der Waals surface area (Å²) in [6, 6.07) is 4.87. The molecule has 14 heavy (non-hydrogen) atoms. The number of Topliss-reactive ketones (excluding diaryl/α,β-unsaturated/α-hetero) is 1. The first-order chi connectivity index (χ1) is 6.77. The van der Waals surface area contributed by atoms with Crippen molar-refractivity contribution in [2.24, 2.45) is 0 Å². The Morgan fingerprint density at radius 2 is 2.07 bits per heavy atom. The summed E-state index contributed by atoms with van der Waals surface area (Å²) in [6.45, 7) is 0. The lowest BCUT2D eigenvalue weighted by atomic mass is 9.85. The van der Waals surface area contributed by atoms with Gasteiger partial charge in [-0.15, -0.1) is 0 Å². The van der Waals surface area contributed by atoms with E-state index in [9.17, 15) is 9.59 Å². The maximum atomic E-state index is 11.8. The smallest absolute Gasteiger partial charge is 0.252 e. The molecule has 1 aliphatic heterocycles. The zero-order valence-electron chi connectivity index (χ0n) is 7.28. The summed E-state index contributed by atoms with van der Waals surface area (Å²) in [4.78, 5) is 23.3. The molecule has 1 atom stereocenters. The fourth-order valence-corrected chi connectivity index (χ4v) is 1.95. The number of hydrogen-bond acceptors (Lipinski definition) is 2. The predicted octanol–water partition coefficient (Wildman–Crippen LogP) is 1.01. The summed E-state index contributed by atoms with van der Waals surface area (Å²) in [5.74, 6) is -0.159. The number of amides is 1. The van der Waals surface area contributed by atoms with E-state index < -0.39 is 6.04 Å². The zero-order chi connectivity index (χ0) is 9.71. The fraction of sp³-hybridized carbons (Fsp3) is 0.0909. The molecule has 1 aromatic carbocycles. The molecule has 1 aliphatic carbocycles. The molecule has 0 radical (unpaired) electrons. The third-order valence-corrected chi connectivity index (χ3v) is 2.63. The van der Waals surface area contributed by atoms with Crippen molar-refractivity contribution in [3.63, 3.8) is 0 Å². The van der Waals surface area contributed by atoms with Crippen LogP contribution in [0.2, 0.25) is 0 Å². The van der Waals surface area contributed by atoms with Gasteiger partial charge in [-0.2, -0.15) is 0 Å². The van der Waals surface area contributed by atoms with Crippen LogP contribution in [0.4, 0.5) is 0 Å². The third kappa shape index (κ3) is 0.763. The summed E-state index contributed by atoms with van der Waals surface area (Å²) < 4.78 is 0. The van der Waals surface area contributed by atoms with E-state index in [1.165, 1.54) is 0 Å². The fourth-order valence-electron chi connectivity index (χ4n) is 1.95. The third-order valence-electron chi connectivity index (χ3n) is 2.63. The summed E-state index contributed by atoms with van der Waals surface area (Å²) in [5, 5.41) is 2.64. The molecule has 1 heterocycles. The van der Waals surface area contributed by atoms with Gasteiger partial charge in [-0.05, 0) is 11.6 Å². The molecule has 3 nitrogen and oxygen atoms in total. The first kappa shape index (κ1) is 7.50. The van der Waals surface area contributed by atoms with Crippen molar-refractivity contribution in [2.75, 3.05) is 0 Å². The minimum absolute atomic E-state index is 0.00213. The minimum Gasteiger partial charge on any atom is -0.338 e. The Balaban J connectivity index is 2.42. The molecule has 0 saturated heterocycles. The molecular formula is C11H7NO2. The van der Waals surface area contributed by atoms with Crippen molar-refractivity contribution in [1.82, 2.24) is 5.32 Å². The monoisotopic (exact) mass is 185 g/mol. The van der Waals surface area contributed by atoms with Gasteiger partial charge in [0.15, 0.2) is 5.78 Å². The van der Waals surface area contributed by atoms with Crippen LogP contribution in [0.3, 0.4) is 0 Å². The summed E-state index contributed by atoms with van der Waals surface area (Å²) in [6.07, 6.45) is 3.61. The van der Waals surface area contributed by atoms with Crippen LogP contribution in [-0.4, -0.2) is 17.7 Å². The number of nitrogens with one attached hydrogen (secondary N) is 1. The Morgan fingerprint density at radius 1 is 1.21 bits per heavy atom. The van der Waals surface area contributed by atoms with Gasteiger partial charge in [0.05, 0.1) is 5.56 Å². The van der Waals surface area contributed by atoms with Crippen LogP contribution < -0.4 is 5.32 Å². The number of carbonyl (C=O) groups excluding carboxylic acids is 2. The van der Waals surface area contributed by atoms with E-state index >= 15 is 0 Å². The summed E-state index contributed by atoms with van der Waals surface area (Å²) in [5.41, 5.74) is 1.91. The molecular weight excluding hydrogens is 178 g/mol. The predicted molar refractivity (Wildman–Crippen MR) is 51.1 cm³/mol.